The zero-order valence-corrected chi connectivity index (χ0v) is 13.8. The van der Waals surface area contributed by atoms with Crippen molar-refractivity contribution >= 4 is 41.6 Å². The minimum absolute atomic E-state index is 0. The number of hydrogen-bond acceptors (Lipinski definition) is 4. The van der Waals surface area contributed by atoms with Gasteiger partial charge in [-0.1, -0.05) is 37.0 Å². The van der Waals surface area contributed by atoms with Crippen LogP contribution >= 0.6 is 35.6 Å². The van der Waals surface area contributed by atoms with Gasteiger partial charge in [0.25, 0.3) is 0 Å². The van der Waals surface area contributed by atoms with Gasteiger partial charge in [0.05, 0.1) is 6.42 Å². The summed E-state index contributed by atoms with van der Waals surface area (Å²) in [6.07, 6.45) is 1.01. The molecular formula is C13H19Cl3N2O2. The number of aromatic nitrogens is 1. The van der Waals surface area contributed by atoms with E-state index >= 15 is 0 Å². The minimum atomic E-state index is -0.322. The van der Waals surface area contributed by atoms with Gasteiger partial charge < -0.3 is 10.5 Å². The second-order valence-corrected chi connectivity index (χ2v) is 5.65. The Morgan fingerprint density at radius 1 is 1.35 bits per heavy atom. The number of nitrogens with two attached hydrogens (primary N) is 1. The summed E-state index contributed by atoms with van der Waals surface area (Å²) in [5, 5.41) is 0.546. The van der Waals surface area contributed by atoms with Crippen LogP contribution in [0.2, 0.25) is 10.3 Å². The van der Waals surface area contributed by atoms with Crippen LogP contribution in [0.25, 0.3) is 0 Å². The molecule has 0 aromatic carbocycles. The normalized spacial score (nSPS) is 11.9. The Hall–Kier alpha value is -0.550. The van der Waals surface area contributed by atoms with E-state index < -0.39 is 0 Å². The summed E-state index contributed by atoms with van der Waals surface area (Å²) in [5.74, 6) is 0.137. The lowest BCUT2D eigenvalue weighted by atomic mass is 10.0. The molecule has 0 saturated heterocycles. The predicted octanol–water partition coefficient (Wildman–Crippen LogP) is 3.62. The molecule has 0 radical (unpaired) electrons. The molecule has 0 aliphatic rings. The highest BCUT2D eigenvalue weighted by Gasteiger charge is 2.12. The molecule has 1 atom stereocenters. The van der Waals surface area contributed by atoms with Crippen molar-refractivity contribution in [2.45, 2.75) is 39.3 Å². The van der Waals surface area contributed by atoms with Crippen molar-refractivity contribution in [3.05, 3.63) is 28.0 Å². The van der Waals surface area contributed by atoms with Gasteiger partial charge in [-0.3, -0.25) is 4.79 Å². The lowest BCUT2D eigenvalue weighted by Crippen LogP contribution is -2.26. The van der Waals surface area contributed by atoms with E-state index in [4.69, 9.17) is 33.7 Å². The third-order valence-electron chi connectivity index (χ3n) is 2.43. The SMILES string of the molecule is CC(C)C[C@H](N)CC(=O)OCc1cc(Cl)nc(Cl)c1.Cl. The molecule has 4 nitrogen and oxygen atoms in total. The molecule has 20 heavy (non-hydrogen) atoms. The van der Waals surface area contributed by atoms with E-state index in [1.165, 1.54) is 0 Å². The minimum Gasteiger partial charge on any atom is -0.461 e. The number of esters is 1. The number of rotatable bonds is 6. The maximum absolute atomic E-state index is 11.6. The maximum atomic E-state index is 11.6. The predicted molar refractivity (Wildman–Crippen MR) is 83.3 cm³/mol. The number of carbonyl (C=O) groups excluding carboxylic acids is 1. The van der Waals surface area contributed by atoms with Gasteiger partial charge in [0, 0.05) is 6.04 Å². The van der Waals surface area contributed by atoms with Gasteiger partial charge in [-0.05, 0) is 30.0 Å². The van der Waals surface area contributed by atoms with Gasteiger partial charge in [0.1, 0.15) is 16.9 Å². The Balaban J connectivity index is 0.00000361. The van der Waals surface area contributed by atoms with Crippen LogP contribution in [0.3, 0.4) is 0 Å². The highest BCUT2D eigenvalue weighted by atomic mass is 35.5. The van der Waals surface area contributed by atoms with Crippen LogP contribution in [0.4, 0.5) is 0 Å². The third kappa shape index (κ3) is 7.90. The fraction of sp³-hybridized carbons (Fsp3) is 0.538. The zero-order valence-electron chi connectivity index (χ0n) is 11.4. The third-order valence-corrected chi connectivity index (χ3v) is 2.81. The van der Waals surface area contributed by atoms with Gasteiger partial charge in [-0.2, -0.15) is 0 Å². The summed E-state index contributed by atoms with van der Waals surface area (Å²) in [6, 6.07) is 3.04. The molecule has 0 aliphatic heterocycles. The second kappa shape index (κ2) is 9.40. The molecule has 1 aromatic heterocycles. The number of pyridine rings is 1. The summed E-state index contributed by atoms with van der Waals surface area (Å²) in [6.45, 7) is 4.24. The Morgan fingerprint density at radius 3 is 2.40 bits per heavy atom. The van der Waals surface area contributed by atoms with Crippen LogP contribution < -0.4 is 5.73 Å². The Labute approximate surface area is 135 Å². The molecule has 0 saturated carbocycles. The first-order valence-corrected chi connectivity index (χ1v) is 6.85. The average Bonchev–Trinajstić information content (AvgIpc) is 2.23. The number of hydrogen-bond donors (Lipinski definition) is 1. The van der Waals surface area contributed by atoms with Gasteiger partial charge in [-0.25, -0.2) is 4.98 Å². The molecule has 0 bridgehead atoms. The zero-order chi connectivity index (χ0) is 14.4. The van der Waals surface area contributed by atoms with Crippen molar-refractivity contribution in [1.29, 1.82) is 0 Å². The number of halogens is 3. The topological polar surface area (TPSA) is 65.2 Å². The Morgan fingerprint density at radius 2 is 1.90 bits per heavy atom. The monoisotopic (exact) mass is 340 g/mol. The van der Waals surface area contributed by atoms with Crippen LogP contribution in [0.15, 0.2) is 12.1 Å². The second-order valence-electron chi connectivity index (χ2n) is 4.88. The molecule has 0 amide bonds. The first kappa shape index (κ1) is 19.4. The number of carbonyl (C=O) groups is 1. The van der Waals surface area contributed by atoms with Gasteiger partial charge in [-0.15, -0.1) is 12.4 Å². The van der Waals surface area contributed by atoms with Crippen LogP contribution in [0, 0.1) is 5.92 Å². The molecule has 114 valence electrons. The summed E-state index contributed by atoms with van der Waals surface area (Å²) in [7, 11) is 0. The lowest BCUT2D eigenvalue weighted by molar-refractivity contribution is -0.145. The maximum Gasteiger partial charge on any atom is 0.307 e. The van der Waals surface area contributed by atoms with E-state index in [2.05, 4.69) is 18.8 Å². The molecule has 1 heterocycles. The fourth-order valence-electron chi connectivity index (χ4n) is 1.72. The van der Waals surface area contributed by atoms with E-state index in [9.17, 15) is 4.79 Å². The molecule has 0 unspecified atom stereocenters. The standard InChI is InChI=1S/C13H18Cl2N2O2.ClH/c1-8(2)3-10(16)6-13(18)19-7-9-4-11(14)17-12(15)5-9;/h4-5,8,10H,3,6-7,16H2,1-2H3;1H/t10-;/m0./s1. The van der Waals surface area contributed by atoms with Crippen molar-refractivity contribution in [1.82, 2.24) is 4.98 Å². The van der Waals surface area contributed by atoms with Crippen LogP contribution in [0.5, 0.6) is 0 Å². The van der Waals surface area contributed by atoms with Gasteiger partial charge >= 0.3 is 5.97 Å². The number of nitrogens with zero attached hydrogens (tertiary/aromatic N) is 1. The molecular weight excluding hydrogens is 323 g/mol. The highest BCUT2D eigenvalue weighted by molar-refractivity contribution is 6.32. The molecule has 7 heteroatoms. The molecule has 2 N–H and O–H groups in total. The average molecular weight is 342 g/mol. The van der Waals surface area contributed by atoms with Crippen LogP contribution in [-0.4, -0.2) is 17.0 Å². The smallest absolute Gasteiger partial charge is 0.307 e. The summed E-state index contributed by atoms with van der Waals surface area (Å²) < 4.78 is 5.13. The molecule has 0 fully saturated rings. The quantitative estimate of drug-likeness (QED) is 0.634. The van der Waals surface area contributed by atoms with Crippen LogP contribution in [0.1, 0.15) is 32.3 Å². The number of ether oxygens (including phenoxy) is 1. The van der Waals surface area contributed by atoms with Crippen molar-refractivity contribution in [3.63, 3.8) is 0 Å². The highest BCUT2D eigenvalue weighted by Crippen LogP contribution is 2.15. The Kier molecular flexibility index (Phi) is 9.14. The van der Waals surface area contributed by atoms with E-state index in [0.29, 0.717) is 11.5 Å². The van der Waals surface area contributed by atoms with E-state index in [1.807, 2.05) is 0 Å². The Bertz CT molecular complexity index is 421. The largest absolute Gasteiger partial charge is 0.461 e. The van der Waals surface area contributed by atoms with Gasteiger partial charge in [0.15, 0.2) is 0 Å². The molecule has 0 aliphatic carbocycles. The van der Waals surface area contributed by atoms with E-state index in [1.54, 1.807) is 12.1 Å². The van der Waals surface area contributed by atoms with E-state index in [0.717, 1.165) is 6.42 Å². The van der Waals surface area contributed by atoms with Crippen molar-refractivity contribution in [3.8, 4) is 0 Å². The fourth-order valence-corrected chi connectivity index (χ4v) is 2.23. The van der Waals surface area contributed by atoms with E-state index in [-0.39, 0.29) is 47.8 Å². The summed E-state index contributed by atoms with van der Waals surface area (Å²) >= 11 is 11.5. The molecule has 0 spiro atoms. The molecule has 1 rings (SSSR count). The molecule has 1 aromatic rings. The van der Waals surface area contributed by atoms with Crippen LogP contribution in [-0.2, 0) is 16.1 Å². The summed E-state index contributed by atoms with van der Waals surface area (Å²) in [5.41, 5.74) is 6.54. The first-order valence-electron chi connectivity index (χ1n) is 6.10. The van der Waals surface area contributed by atoms with Crippen molar-refractivity contribution in [2.24, 2.45) is 11.7 Å². The van der Waals surface area contributed by atoms with Crippen molar-refractivity contribution in [2.75, 3.05) is 0 Å². The lowest BCUT2D eigenvalue weighted by Gasteiger charge is -2.13. The summed E-state index contributed by atoms with van der Waals surface area (Å²) in [4.78, 5) is 15.4. The van der Waals surface area contributed by atoms with Crippen molar-refractivity contribution < 1.29 is 9.53 Å². The first-order chi connectivity index (χ1) is 8.86. The van der Waals surface area contributed by atoms with Gasteiger partial charge in [0.2, 0.25) is 0 Å².